The fourth-order valence-electron chi connectivity index (χ4n) is 2.13. The van der Waals surface area contributed by atoms with E-state index in [0.717, 1.165) is 22.3 Å². The first-order chi connectivity index (χ1) is 6.99. The van der Waals surface area contributed by atoms with Crippen LogP contribution in [0.25, 0.3) is 0 Å². The lowest BCUT2D eigenvalue weighted by molar-refractivity contribution is 0.101. The van der Waals surface area contributed by atoms with Crippen molar-refractivity contribution < 1.29 is 9.53 Å². The molecule has 1 aromatic rings. The normalized spacial score (nSPS) is 10.5. The Morgan fingerprint density at radius 1 is 1.27 bits per heavy atom. The Labute approximate surface area is 91.3 Å². The van der Waals surface area contributed by atoms with E-state index >= 15 is 0 Å². The summed E-state index contributed by atoms with van der Waals surface area (Å²) in [6, 6.07) is 2.05. The summed E-state index contributed by atoms with van der Waals surface area (Å²) in [4.78, 5) is 11.5. The molecule has 0 atom stereocenters. The Kier molecular flexibility index (Phi) is 3.64. The van der Waals surface area contributed by atoms with Crippen LogP contribution in [0, 0.1) is 20.8 Å². The van der Waals surface area contributed by atoms with Gasteiger partial charge in [0.25, 0.3) is 0 Å². The van der Waals surface area contributed by atoms with E-state index in [2.05, 4.69) is 13.0 Å². The molecule has 0 unspecified atom stereocenters. The Balaban J connectivity index is 3.42. The monoisotopic (exact) mass is 206 g/mol. The Hall–Kier alpha value is -1.15. The molecule has 0 saturated carbocycles. The molecule has 1 rings (SSSR count). The summed E-state index contributed by atoms with van der Waals surface area (Å²) in [7, 11) is 1.67. The van der Waals surface area contributed by atoms with Gasteiger partial charge in [-0.25, -0.2) is 0 Å². The van der Waals surface area contributed by atoms with Gasteiger partial charge in [0, 0.05) is 12.7 Å². The number of hydrogen-bond acceptors (Lipinski definition) is 2. The SMILES string of the molecule is COCc1c(C)cc(C)c(C(C)=O)c1C. The number of methoxy groups -OCH3 is 1. The second-order valence-electron chi connectivity index (χ2n) is 3.98. The molecule has 0 fully saturated rings. The van der Waals surface area contributed by atoms with Gasteiger partial charge in [-0.3, -0.25) is 4.79 Å². The summed E-state index contributed by atoms with van der Waals surface area (Å²) in [5.74, 6) is 0.127. The van der Waals surface area contributed by atoms with E-state index in [9.17, 15) is 4.79 Å². The maximum Gasteiger partial charge on any atom is 0.160 e. The minimum Gasteiger partial charge on any atom is -0.380 e. The number of ketones is 1. The molecule has 2 nitrogen and oxygen atoms in total. The van der Waals surface area contributed by atoms with Gasteiger partial charge in [0.1, 0.15) is 0 Å². The highest BCUT2D eigenvalue weighted by Crippen LogP contribution is 2.23. The fourth-order valence-corrected chi connectivity index (χ4v) is 2.13. The van der Waals surface area contributed by atoms with Crippen LogP contribution in [-0.4, -0.2) is 12.9 Å². The zero-order valence-electron chi connectivity index (χ0n) is 10.1. The van der Waals surface area contributed by atoms with E-state index in [-0.39, 0.29) is 5.78 Å². The van der Waals surface area contributed by atoms with Crippen molar-refractivity contribution in [1.29, 1.82) is 0 Å². The van der Waals surface area contributed by atoms with Crippen LogP contribution in [-0.2, 0) is 11.3 Å². The molecule has 0 aliphatic heterocycles. The number of carbonyl (C=O) groups is 1. The molecule has 2 heteroatoms. The van der Waals surface area contributed by atoms with Crippen molar-refractivity contribution in [3.63, 3.8) is 0 Å². The summed E-state index contributed by atoms with van der Waals surface area (Å²) in [5, 5.41) is 0. The maximum atomic E-state index is 11.5. The number of benzene rings is 1. The van der Waals surface area contributed by atoms with Gasteiger partial charge in [-0.1, -0.05) is 6.07 Å². The molecule has 0 bridgehead atoms. The van der Waals surface area contributed by atoms with Crippen LogP contribution in [0.15, 0.2) is 6.07 Å². The van der Waals surface area contributed by atoms with Gasteiger partial charge in [-0.2, -0.15) is 0 Å². The second kappa shape index (κ2) is 4.58. The standard InChI is InChI=1S/C13H18O2/c1-8-6-9(2)13(11(4)14)10(3)12(8)7-15-5/h6H,7H2,1-5H3. The zero-order chi connectivity index (χ0) is 11.6. The third-order valence-electron chi connectivity index (χ3n) is 2.77. The second-order valence-corrected chi connectivity index (χ2v) is 3.98. The van der Waals surface area contributed by atoms with Gasteiger partial charge >= 0.3 is 0 Å². The average Bonchev–Trinajstić information content (AvgIpc) is 2.11. The van der Waals surface area contributed by atoms with E-state index in [1.54, 1.807) is 14.0 Å². The molecule has 0 heterocycles. The van der Waals surface area contributed by atoms with Crippen LogP contribution < -0.4 is 0 Å². The predicted octanol–water partition coefficient (Wildman–Crippen LogP) is 2.96. The minimum absolute atomic E-state index is 0.127. The molecule has 1 aromatic carbocycles. The predicted molar refractivity (Wildman–Crippen MR) is 61.4 cm³/mol. The van der Waals surface area contributed by atoms with E-state index in [4.69, 9.17) is 4.74 Å². The molecular weight excluding hydrogens is 188 g/mol. The van der Waals surface area contributed by atoms with Gasteiger partial charge in [0.2, 0.25) is 0 Å². The summed E-state index contributed by atoms with van der Waals surface area (Å²) in [6.45, 7) is 8.20. The molecule has 0 aliphatic rings. The van der Waals surface area contributed by atoms with Crippen LogP contribution in [0.5, 0.6) is 0 Å². The number of ether oxygens (including phenoxy) is 1. The molecule has 0 aromatic heterocycles. The summed E-state index contributed by atoms with van der Waals surface area (Å²) in [6.07, 6.45) is 0. The lowest BCUT2D eigenvalue weighted by Gasteiger charge is -2.15. The lowest BCUT2D eigenvalue weighted by Crippen LogP contribution is -2.06. The molecular formula is C13H18O2. The third-order valence-corrected chi connectivity index (χ3v) is 2.77. The van der Waals surface area contributed by atoms with Gasteiger partial charge in [-0.15, -0.1) is 0 Å². The fraction of sp³-hybridized carbons (Fsp3) is 0.462. The molecule has 15 heavy (non-hydrogen) atoms. The van der Waals surface area contributed by atoms with Crippen LogP contribution in [0.3, 0.4) is 0 Å². The van der Waals surface area contributed by atoms with Crippen LogP contribution in [0.4, 0.5) is 0 Å². The minimum atomic E-state index is 0.127. The van der Waals surface area contributed by atoms with Crippen LogP contribution >= 0.6 is 0 Å². The van der Waals surface area contributed by atoms with Gasteiger partial charge < -0.3 is 4.74 Å². The lowest BCUT2D eigenvalue weighted by atomic mass is 9.92. The van der Waals surface area contributed by atoms with Gasteiger partial charge in [0.15, 0.2) is 5.78 Å². The first kappa shape index (κ1) is 11.9. The van der Waals surface area contributed by atoms with E-state index in [0.29, 0.717) is 6.61 Å². The van der Waals surface area contributed by atoms with Gasteiger partial charge in [-0.05, 0) is 49.9 Å². The quantitative estimate of drug-likeness (QED) is 0.711. The highest BCUT2D eigenvalue weighted by molar-refractivity contribution is 5.97. The van der Waals surface area contributed by atoms with E-state index < -0.39 is 0 Å². The molecule has 0 radical (unpaired) electrons. The van der Waals surface area contributed by atoms with Crippen molar-refractivity contribution in [2.24, 2.45) is 0 Å². The summed E-state index contributed by atoms with van der Waals surface area (Å²) in [5.41, 5.74) is 5.28. The van der Waals surface area contributed by atoms with Crippen molar-refractivity contribution in [1.82, 2.24) is 0 Å². The van der Waals surface area contributed by atoms with Crippen LogP contribution in [0.1, 0.15) is 39.5 Å². The number of aryl methyl sites for hydroxylation is 2. The van der Waals surface area contributed by atoms with E-state index in [1.165, 1.54) is 5.56 Å². The largest absolute Gasteiger partial charge is 0.380 e. The van der Waals surface area contributed by atoms with E-state index in [1.807, 2.05) is 13.8 Å². The van der Waals surface area contributed by atoms with Crippen molar-refractivity contribution in [2.45, 2.75) is 34.3 Å². The van der Waals surface area contributed by atoms with Crippen molar-refractivity contribution in [3.8, 4) is 0 Å². The number of rotatable bonds is 3. The highest BCUT2D eigenvalue weighted by atomic mass is 16.5. The number of Topliss-reactive ketones (excluding diaryl/α,β-unsaturated/α-hetero) is 1. The zero-order valence-corrected chi connectivity index (χ0v) is 10.1. The van der Waals surface area contributed by atoms with Crippen molar-refractivity contribution >= 4 is 5.78 Å². The molecule has 0 saturated heterocycles. The topological polar surface area (TPSA) is 26.3 Å². The Bertz CT molecular complexity index is 392. The third kappa shape index (κ3) is 2.26. The number of carbonyl (C=O) groups excluding carboxylic acids is 1. The molecule has 0 aliphatic carbocycles. The summed E-state index contributed by atoms with van der Waals surface area (Å²) >= 11 is 0. The smallest absolute Gasteiger partial charge is 0.160 e. The van der Waals surface area contributed by atoms with Gasteiger partial charge in [0.05, 0.1) is 6.61 Å². The first-order valence-corrected chi connectivity index (χ1v) is 5.08. The van der Waals surface area contributed by atoms with Crippen molar-refractivity contribution in [3.05, 3.63) is 33.9 Å². The summed E-state index contributed by atoms with van der Waals surface area (Å²) < 4.78 is 5.15. The average molecular weight is 206 g/mol. The Morgan fingerprint density at radius 3 is 2.33 bits per heavy atom. The maximum absolute atomic E-state index is 11.5. The first-order valence-electron chi connectivity index (χ1n) is 5.08. The van der Waals surface area contributed by atoms with Crippen molar-refractivity contribution in [2.75, 3.05) is 7.11 Å². The molecule has 82 valence electrons. The highest BCUT2D eigenvalue weighted by Gasteiger charge is 2.13. The van der Waals surface area contributed by atoms with Crippen LogP contribution in [0.2, 0.25) is 0 Å². The molecule has 0 amide bonds. The molecule has 0 spiro atoms. The molecule has 0 N–H and O–H groups in total. The number of hydrogen-bond donors (Lipinski definition) is 0. The Morgan fingerprint density at radius 2 is 1.87 bits per heavy atom.